The summed E-state index contributed by atoms with van der Waals surface area (Å²) in [6, 6.07) is 0.578. The minimum atomic E-state index is 0.460. The molecule has 1 N–H and O–H groups in total. The zero-order valence-electron chi connectivity index (χ0n) is 12.3. The van der Waals surface area contributed by atoms with E-state index < -0.39 is 0 Å². The fourth-order valence-electron chi connectivity index (χ4n) is 4.02. The zero-order chi connectivity index (χ0) is 13.7. The van der Waals surface area contributed by atoms with E-state index in [1.54, 1.807) is 11.3 Å². The van der Waals surface area contributed by atoms with Crippen LogP contribution in [0.3, 0.4) is 0 Å². The van der Waals surface area contributed by atoms with E-state index in [0.29, 0.717) is 11.5 Å². The topological polar surface area (TPSA) is 29.3 Å². The molecule has 2 atom stereocenters. The second kappa shape index (κ2) is 4.57. The van der Waals surface area contributed by atoms with E-state index in [1.807, 2.05) is 0 Å². The van der Waals surface area contributed by atoms with Gasteiger partial charge in [-0.25, -0.2) is 4.98 Å². The van der Waals surface area contributed by atoms with Gasteiger partial charge in [-0.15, -0.1) is 11.3 Å². The number of thiazole rings is 1. The van der Waals surface area contributed by atoms with Crippen LogP contribution in [0.1, 0.15) is 38.8 Å². The molecule has 2 saturated carbocycles. The Bertz CT molecular complexity index is 574. The van der Waals surface area contributed by atoms with E-state index in [-0.39, 0.29) is 0 Å². The van der Waals surface area contributed by atoms with Crippen LogP contribution < -0.4 is 5.32 Å². The van der Waals surface area contributed by atoms with Gasteiger partial charge in [0.25, 0.3) is 0 Å². The van der Waals surface area contributed by atoms with Gasteiger partial charge in [-0.2, -0.15) is 0 Å². The predicted molar refractivity (Wildman–Crippen MR) is 83.2 cm³/mol. The summed E-state index contributed by atoms with van der Waals surface area (Å²) in [7, 11) is 0. The van der Waals surface area contributed by atoms with Crippen LogP contribution in [0.5, 0.6) is 0 Å². The van der Waals surface area contributed by atoms with Crippen LogP contribution in [-0.2, 0) is 6.42 Å². The quantitative estimate of drug-likeness (QED) is 0.914. The Balaban J connectivity index is 1.54. The molecule has 3 nitrogen and oxygen atoms in total. The van der Waals surface area contributed by atoms with Crippen molar-refractivity contribution in [1.29, 1.82) is 0 Å². The largest absolute Gasteiger partial charge is 0.314 e. The number of aromatic nitrogens is 2. The van der Waals surface area contributed by atoms with E-state index in [2.05, 4.69) is 41.3 Å². The van der Waals surface area contributed by atoms with Gasteiger partial charge in [-0.3, -0.25) is 4.40 Å². The van der Waals surface area contributed by atoms with Gasteiger partial charge in [-0.05, 0) is 42.9 Å². The lowest BCUT2D eigenvalue weighted by molar-refractivity contribution is 0.239. The summed E-state index contributed by atoms with van der Waals surface area (Å²) in [5.74, 6) is 2.04. The molecule has 0 saturated heterocycles. The van der Waals surface area contributed by atoms with Crippen LogP contribution in [0.4, 0.5) is 0 Å². The van der Waals surface area contributed by atoms with Crippen molar-refractivity contribution in [3.8, 4) is 0 Å². The van der Waals surface area contributed by atoms with Crippen molar-refractivity contribution in [3.63, 3.8) is 0 Å². The Morgan fingerprint density at radius 3 is 2.95 bits per heavy atom. The Labute approximate surface area is 124 Å². The summed E-state index contributed by atoms with van der Waals surface area (Å²) >= 11 is 1.73. The normalized spacial score (nSPS) is 32.1. The van der Waals surface area contributed by atoms with E-state index in [0.717, 1.165) is 29.8 Å². The van der Waals surface area contributed by atoms with Crippen LogP contribution in [-0.4, -0.2) is 22.0 Å². The second-order valence-corrected chi connectivity index (χ2v) is 8.07. The summed E-state index contributed by atoms with van der Waals surface area (Å²) in [4.78, 5) is 5.94. The first-order valence-electron chi connectivity index (χ1n) is 7.78. The SMILES string of the molecule is CC(C)NCC1(Cc2cn3ccsc3n2)CC2CC2C1. The molecule has 20 heavy (non-hydrogen) atoms. The highest BCUT2D eigenvalue weighted by Gasteiger charge is 2.53. The molecule has 0 radical (unpaired) electrons. The molecule has 2 fully saturated rings. The number of hydrogen-bond donors (Lipinski definition) is 1. The maximum absolute atomic E-state index is 4.80. The van der Waals surface area contributed by atoms with Crippen molar-refractivity contribution in [2.45, 2.75) is 45.6 Å². The molecule has 2 heterocycles. The van der Waals surface area contributed by atoms with E-state index in [1.165, 1.54) is 25.0 Å². The van der Waals surface area contributed by atoms with Gasteiger partial charge in [0, 0.05) is 30.4 Å². The molecule has 2 aromatic heterocycles. The lowest BCUT2D eigenvalue weighted by atomic mass is 9.78. The second-order valence-electron chi connectivity index (χ2n) is 7.20. The van der Waals surface area contributed by atoms with Gasteiger partial charge in [-0.1, -0.05) is 13.8 Å². The minimum Gasteiger partial charge on any atom is -0.314 e. The number of hydrogen-bond acceptors (Lipinski definition) is 3. The molecule has 0 aliphatic heterocycles. The van der Waals surface area contributed by atoms with Crippen molar-refractivity contribution in [1.82, 2.24) is 14.7 Å². The molecule has 2 aromatic rings. The molecule has 4 rings (SSSR count). The fourth-order valence-corrected chi connectivity index (χ4v) is 4.74. The van der Waals surface area contributed by atoms with Gasteiger partial charge in [0.05, 0.1) is 5.69 Å². The number of imidazole rings is 1. The molecule has 2 unspecified atom stereocenters. The first-order valence-corrected chi connectivity index (χ1v) is 8.66. The van der Waals surface area contributed by atoms with Gasteiger partial charge < -0.3 is 5.32 Å². The van der Waals surface area contributed by atoms with Crippen molar-refractivity contribution in [2.24, 2.45) is 17.3 Å². The van der Waals surface area contributed by atoms with Crippen LogP contribution in [0.2, 0.25) is 0 Å². The third-order valence-corrected chi connectivity index (χ3v) is 5.81. The Morgan fingerprint density at radius 2 is 2.25 bits per heavy atom. The Hall–Kier alpha value is -0.870. The Kier molecular flexibility index (Phi) is 2.93. The van der Waals surface area contributed by atoms with E-state index >= 15 is 0 Å². The van der Waals surface area contributed by atoms with Gasteiger partial charge in [0.2, 0.25) is 0 Å². The first kappa shape index (κ1) is 12.8. The molecular formula is C16H23N3S. The molecule has 0 spiro atoms. The van der Waals surface area contributed by atoms with Crippen LogP contribution in [0, 0.1) is 17.3 Å². The van der Waals surface area contributed by atoms with Gasteiger partial charge in [0.15, 0.2) is 4.96 Å². The fraction of sp³-hybridized carbons (Fsp3) is 0.688. The number of fused-ring (bicyclic) bond motifs is 2. The number of nitrogens with zero attached hydrogens (tertiary/aromatic N) is 2. The monoisotopic (exact) mass is 289 g/mol. The highest BCUT2D eigenvalue weighted by molar-refractivity contribution is 7.15. The maximum Gasteiger partial charge on any atom is 0.193 e. The smallest absolute Gasteiger partial charge is 0.193 e. The molecule has 2 aliphatic carbocycles. The highest BCUT2D eigenvalue weighted by Crippen LogP contribution is 2.60. The van der Waals surface area contributed by atoms with Crippen molar-refractivity contribution in [3.05, 3.63) is 23.5 Å². The zero-order valence-corrected chi connectivity index (χ0v) is 13.1. The van der Waals surface area contributed by atoms with Crippen molar-refractivity contribution < 1.29 is 0 Å². The standard InChI is InChI=1S/C16H23N3S/c1-11(2)17-10-16(6-12-5-13(12)7-16)8-14-9-19-3-4-20-15(19)18-14/h3-4,9,11-13,17H,5-8,10H2,1-2H3. The first-order chi connectivity index (χ1) is 9.63. The van der Waals surface area contributed by atoms with Crippen molar-refractivity contribution >= 4 is 16.3 Å². The summed E-state index contributed by atoms with van der Waals surface area (Å²) in [5.41, 5.74) is 1.74. The third-order valence-electron chi connectivity index (χ3n) is 5.04. The molecule has 2 aliphatic rings. The molecule has 4 heteroatoms. The lowest BCUT2D eigenvalue weighted by Gasteiger charge is -2.31. The molecule has 108 valence electrons. The predicted octanol–water partition coefficient (Wildman–Crippen LogP) is 3.35. The molecule has 0 amide bonds. The molecule has 0 bridgehead atoms. The summed E-state index contributed by atoms with van der Waals surface area (Å²) in [6.07, 6.45) is 9.79. The minimum absolute atomic E-state index is 0.460. The van der Waals surface area contributed by atoms with Crippen molar-refractivity contribution in [2.75, 3.05) is 6.54 Å². The van der Waals surface area contributed by atoms with Crippen LogP contribution >= 0.6 is 11.3 Å². The van der Waals surface area contributed by atoms with Gasteiger partial charge >= 0.3 is 0 Å². The summed E-state index contributed by atoms with van der Waals surface area (Å²) < 4.78 is 2.17. The summed E-state index contributed by atoms with van der Waals surface area (Å²) in [6.45, 7) is 5.65. The van der Waals surface area contributed by atoms with Gasteiger partial charge in [0.1, 0.15) is 0 Å². The number of nitrogens with one attached hydrogen (secondary N) is 1. The molecular weight excluding hydrogens is 266 g/mol. The molecule has 0 aromatic carbocycles. The van der Waals surface area contributed by atoms with Crippen LogP contribution in [0.25, 0.3) is 4.96 Å². The maximum atomic E-state index is 4.80. The average Bonchev–Trinajstić information content (AvgIpc) is 2.79. The van der Waals surface area contributed by atoms with E-state index in [9.17, 15) is 0 Å². The third kappa shape index (κ3) is 2.29. The number of rotatable bonds is 5. The summed E-state index contributed by atoms with van der Waals surface area (Å²) in [5, 5.41) is 5.79. The lowest BCUT2D eigenvalue weighted by Crippen LogP contribution is -2.38. The average molecular weight is 289 g/mol. The van der Waals surface area contributed by atoms with Crippen LogP contribution in [0.15, 0.2) is 17.8 Å². The van der Waals surface area contributed by atoms with E-state index in [4.69, 9.17) is 4.98 Å². The highest BCUT2D eigenvalue weighted by atomic mass is 32.1. The Morgan fingerprint density at radius 1 is 1.45 bits per heavy atom.